The molecule has 1 unspecified atom stereocenters. The molecule has 0 radical (unpaired) electrons. The van der Waals surface area contributed by atoms with Gasteiger partial charge < -0.3 is 9.73 Å². The zero-order valence-corrected chi connectivity index (χ0v) is 16.8. The van der Waals surface area contributed by atoms with Crippen LogP contribution < -0.4 is 5.32 Å². The number of amides is 1. The highest BCUT2D eigenvalue weighted by atomic mass is 16.3. The second-order valence-electron chi connectivity index (χ2n) is 7.11. The molecule has 3 nitrogen and oxygen atoms in total. The van der Waals surface area contributed by atoms with Gasteiger partial charge in [0.2, 0.25) is 0 Å². The quantitative estimate of drug-likeness (QED) is 0.406. The van der Waals surface area contributed by atoms with Gasteiger partial charge in [0.15, 0.2) is 0 Å². The molecule has 30 heavy (non-hydrogen) atoms. The minimum atomic E-state index is -0.261. The molecule has 0 aliphatic rings. The average Bonchev–Trinajstić information content (AvgIpc) is 3.31. The molecule has 1 N–H and O–H groups in total. The van der Waals surface area contributed by atoms with Crippen LogP contribution >= 0.6 is 0 Å². The van der Waals surface area contributed by atoms with E-state index >= 15 is 0 Å². The molecule has 0 aliphatic carbocycles. The smallest absolute Gasteiger partial charge is 0.252 e. The summed E-state index contributed by atoms with van der Waals surface area (Å²) in [7, 11) is 0. The van der Waals surface area contributed by atoms with Crippen molar-refractivity contribution >= 4 is 17.6 Å². The van der Waals surface area contributed by atoms with E-state index in [1.165, 1.54) is 0 Å². The van der Waals surface area contributed by atoms with Gasteiger partial charge in [0, 0.05) is 0 Å². The number of benzene rings is 3. The zero-order valence-electron chi connectivity index (χ0n) is 16.8. The lowest BCUT2D eigenvalue weighted by atomic mass is 9.94. The molecule has 1 heterocycles. The van der Waals surface area contributed by atoms with Gasteiger partial charge in [0.1, 0.15) is 5.76 Å². The lowest BCUT2D eigenvalue weighted by Gasteiger charge is -2.22. The number of nitrogens with one attached hydrogen (secondary N) is 1. The van der Waals surface area contributed by atoms with Gasteiger partial charge in [-0.1, -0.05) is 84.9 Å². The first-order valence-electron chi connectivity index (χ1n) is 9.94. The van der Waals surface area contributed by atoms with Crippen LogP contribution in [0.15, 0.2) is 108 Å². The number of carbonyl (C=O) groups is 1. The second kappa shape index (κ2) is 9.10. The molecular formula is C27H23NO2. The average molecular weight is 393 g/mol. The summed E-state index contributed by atoms with van der Waals surface area (Å²) in [6.07, 6.45) is 3.39. The molecule has 0 saturated carbocycles. The van der Waals surface area contributed by atoms with E-state index in [0.717, 1.165) is 22.3 Å². The lowest BCUT2D eigenvalue weighted by molar-refractivity contribution is -0.116. The maximum absolute atomic E-state index is 13.5. The third-order valence-electron chi connectivity index (χ3n) is 5.07. The number of hydrogen-bond donors (Lipinski definition) is 1. The van der Waals surface area contributed by atoms with Crippen LogP contribution in [-0.4, -0.2) is 5.91 Å². The molecule has 4 aromatic rings. The van der Waals surface area contributed by atoms with Crippen LogP contribution in [0.4, 0.5) is 0 Å². The summed E-state index contributed by atoms with van der Waals surface area (Å²) >= 11 is 0. The van der Waals surface area contributed by atoms with Crippen molar-refractivity contribution < 1.29 is 9.21 Å². The highest BCUT2D eigenvalue weighted by Gasteiger charge is 2.21. The van der Waals surface area contributed by atoms with Crippen molar-refractivity contribution in [3.63, 3.8) is 0 Å². The van der Waals surface area contributed by atoms with E-state index in [1.54, 1.807) is 12.3 Å². The first kappa shape index (κ1) is 19.5. The van der Waals surface area contributed by atoms with E-state index in [9.17, 15) is 4.79 Å². The molecule has 148 valence electrons. The number of furan rings is 1. The van der Waals surface area contributed by atoms with E-state index in [0.29, 0.717) is 11.3 Å². The van der Waals surface area contributed by atoms with Crippen molar-refractivity contribution in [1.29, 1.82) is 0 Å². The Morgan fingerprint density at radius 2 is 1.50 bits per heavy atom. The molecular weight excluding hydrogens is 370 g/mol. The topological polar surface area (TPSA) is 42.2 Å². The number of rotatable bonds is 6. The number of hydrogen-bond acceptors (Lipinski definition) is 2. The molecule has 1 aromatic heterocycles. The first-order chi connectivity index (χ1) is 14.7. The maximum Gasteiger partial charge on any atom is 0.252 e. The fourth-order valence-electron chi connectivity index (χ4n) is 3.52. The molecule has 0 aliphatic heterocycles. The van der Waals surface area contributed by atoms with Crippen LogP contribution in [0.2, 0.25) is 0 Å². The molecule has 1 atom stereocenters. The van der Waals surface area contributed by atoms with E-state index in [4.69, 9.17) is 4.42 Å². The van der Waals surface area contributed by atoms with Gasteiger partial charge in [-0.3, -0.25) is 4.79 Å². The predicted molar refractivity (Wildman–Crippen MR) is 121 cm³/mol. The van der Waals surface area contributed by atoms with E-state index in [-0.39, 0.29) is 11.9 Å². The molecule has 0 saturated heterocycles. The van der Waals surface area contributed by atoms with Gasteiger partial charge in [-0.25, -0.2) is 0 Å². The molecule has 0 bridgehead atoms. The Bertz CT molecular complexity index is 1130. The van der Waals surface area contributed by atoms with Crippen LogP contribution in [0, 0.1) is 6.92 Å². The van der Waals surface area contributed by atoms with Gasteiger partial charge in [0.05, 0.1) is 17.9 Å². The second-order valence-corrected chi connectivity index (χ2v) is 7.11. The Hall–Kier alpha value is -3.85. The molecule has 3 heteroatoms. The largest absolute Gasteiger partial charge is 0.465 e. The van der Waals surface area contributed by atoms with Crippen molar-refractivity contribution in [2.75, 3.05) is 0 Å². The highest BCUT2D eigenvalue weighted by Crippen LogP contribution is 2.27. The summed E-state index contributed by atoms with van der Waals surface area (Å²) in [6.45, 7) is 2.06. The van der Waals surface area contributed by atoms with Crippen molar-refractivity contribution in [2.45, 2.75) is 13.0 Å². The first-order valence-corrected chi connectivity index (χ1v) is 9.94. The van der Waals surface area contributed by atoms with E-state index in [2.05, 4.69) is 24.4 Å². The highest BCUT2D eigenvalue weighted by molar-refractivity contribution is 6.24. The normalized spacial score (nSPS) is 12.4. The Labute approximate surface area is 176 Å². The van der Waals surface area contributed by atoms with Gasteiger partial charge >= 0.3 is 0 Å². The number of aryl methyl sites for hydroxylation is 1. The monoisotopic (exact) mass is 393 g/mol. The van der Waals surface area contributed by atoms with Gasteiger partial charge in [-0.05, 0) is 47.4 Å². The fourth-order valence-corrected chi connectivity index (χ4v) is 3.52. The Morgan fingerprint density at radius 3 is 2.17 bits per heavy atom. The third kappa shape index (κ3) is 4.41. The summed E-state index contributed by atoms with van der Waals surface area (Å²) in [5.41, 5.74) is 4.62. The van der Waals surface area contributed by atoms with Gasteiger partial charge in [0.25, 0.3) is 5.91 Å². The molecule has 0 spiro atoms. The van der Waals surface area contributed by atoms with Gasteiger partial charge in [-0.2, -0.15) is 0 Å². The Kier molecular flexibility index (Phi) is 5.90. The van der Waals surface area contributed by atoms with Crippen molar-refractivity contribution in [2.24, 2.45) is 0 Å². The van der Waals surface area contributed by atoms with Gasteiger partial charge in [-0.15, -0.1) is 0 Å². The van der Waals surface area contributed by atoms with Crippen LogP contribution in [0.1, 0.15) is 34.1 Å². The van der Waals surface area contributed by atoms with E-state index < -0.39 is 0 Å². The zero-order chi connectivity index (χ0) is 20.8. The third-order valence-corrected chi connectivity index (χ3v) is 5.07. The van der Waals surface area contributed by atoms with Crippen molar-refractivity contribution in [3.05, 3.63) is 131 Å². The van der Waals surface area contributed by atoms with Crippen molar-refractivity contribution in [3.8, 4) is 0 Å². The molecule has 1 amide bonds. The van der Waals surface area contributed by atoms with Crippen LogP contribution in [0.3, 0.4) is 0 Å². The molecule has 0 fully saturated rings. The fraction of sp³-hybridized carbons (Fsp3) is 0.0741. The summed E-state index contributed by atoms with van der Waals surface area (Å²) in [5.74, 6) is 0.478. The standard InChI is InChI=1S/C27H23NO2/c1-20-11-8-9-17-24(20)26(22-14-6-3-7-15-22)28-27(29)25(19-23-16-10-18-30-23)21-12-4-2-5-13-21/h2-19,26H,1H3,(H,28,29)/b25-19+. The van der Waals surface area contributed by atoms with Crippen LogP contribution in [0.5, 0.6) is 0 Å². The van der Waals surface area contributed by atoms with Crippen LogP contribution in [-0.2, 0) is 4.79 Å². The Balaban J connectivity index is 1.74. The SMILES string of the molecule is Cc1ccccc1C(NC(=O)/C(=C/c1ccco1)c1ccccc1)c1ccccc1. The lowest BCUT2D eigenvalue weighted by Crippen LogP contribution is -2.30. The predicted octanol–water partition coefficient (Wildman–Crippen LogP) is 6.03. The summed E-state index contributed by atoms with van der Waals surface area (Å²) in [6, 6.07) is 31.2. The van der Waals surface area contributed by atoms with Crippen molar-refractivity contribution in [1.82, 2.24) is 5.32 Å². The summed E-state index contributed by atoms with van der Waals surface area (Å²) < 4.78 is 5.47. The maximum atomic E-state index is 13.5. The molecule has 4 rings (SSSR count). The van der Waals surface area contributed by atoms with Crippen LogP contribution in [0.25, 0.3) is 11.6 Å². The number of carbonyl (C=O) groups excluding carboxylic acids is 1. The minimum Gasteiger partial charge on any atom is -0.465 e. The molecule has 3 aromatic carbocycles. The summed E-state index contributed by atoms with van der Waals surface area (Å²) in [5, 5.41) is 3.25. The van der Waals surface area contributed by atoms with E-state index in [1.807, 2.05) is 84.9 Å². The summed E-state index contributed by atoms with van der Waals surface area (Å²) in [4.78, 5) is 13.5. The minimum absolute atomic E-state index is 0.158. The Morgan fingerprint density at radius 1 is 0.833 bits per heavy atom.